The molecule has 0 aliphatic heterocycles. The maximum Gasteiger partial charge on any atom is 0.310 e. The summed E-state index contributed by atoms with van der Waals surface area (Å²) in [5.74, 6) is -2.90. The van der Waals surface area contributed by atoms with Crippen LogP contribution in [-0.2, 0) is 20.7 Å². The fourth-order valence-electron chi connectivity index (χ4n) is 3.47. The van der Waals surface area contributed by atoms with Crippen LogP contribution in [0.25, 0.3) is 16.9 Å². The lowest BCUT2D eigenvalue weighted by molar-refractivity contribution is -0.308. The van der Waals surface area contributed by atoms with E-state index in [9.17, 15) is 14.7 Å². The van der Waals surface area contributed by atoms with Crippen LogP contribution in [0.1, 0.15) is 17.0 Å². The van der Waals surface area contributed by atoms with E-state index in [-0.39, 0.29) is 13.0 Å². The highest BCUT2D eigenvalue weighted by Gasteiger charge is 2.19. The van der Waals surface area contributed by atoms with Gasteiger partial charge in [-0.1, -0.05) is 72.3 Å². The first-order valence-corrected chi connectivity index (χ1v) is 10.7. The number of carboxylic acids is 1. The number of carbonyl (C=O) groups is 2. The van der Waals surface area contributed by atoms with Crippen molar-refractivity contribution in [3.8, 4) is 16.9 Å². The Kier molecular flexibility index (Phi) is 6.86. The molecule has 1 aromatic heterocycles. The number of halogens is 1. The minimum absolute atomic E-state index is 0.0701. The molecular formula is C26H20ClN2O4-. The van der Waals surface area contributed by atoms with Crippen LogP contribution in [0.15, 0.2) is 91.1 Å². The second kappa shape index (κ2) is 10.1. The number of hydrogen-bond acceptors (Lipinski definition) is 5. The zero-order valence-electron chi connectivity index (χ0n) is 17.6. The molecule has 4 aromatic rings. The van der Waals surface area contributed by atoms with E-state index < -0.39 is 17.9 Å². The van der Waals surface area contributed by atoms with Gasteiger partial charge in [0, 0.05) is 22.3 Å². The summed E-state index contributed by atoms with van der Waals surface area (Å²) in [5.41, 5.74) is 3.43. The van der Waals surface area contributed by atoms with Crippen LogP contribution in [-0.4, -0.2) is 28.3 Å². The van der Waals surface area contributed by atoms with Crippen LogP contribution in [0.3, 0.4) is 0 Å². The summed E-state index contributed by atoms with van der Waals surface area (Å²) < 4.78 is 7.03. The van der Waals surface area contributed by atoms with Gasteiger partial charge in [-0.15, -0.1) is 0 Å². The van der Waals surface area contributed by atoms with Gasteiger partial charge in [-0.3, -0.25) is 4.79 Å². The van der Waals surface area contributed by atoms with Gasteiger partial charge < -0.3 is 14.6 Å². The van der Waals surface area contributed by atoms with Crippen LogP contribution < -0.4 is 5.11 Å². The Labute approximate surface area is 196 Å². The summed E-state index contributed by atoms with van der Waals surface area (Å²) in [5, 5.41) is 16.8. The number of ether oxygens (including phenoxy) is 1. The van der Waals surface area contributed by atoms with Gasteiger partial charge in [-0.05, 0) is 29.8 Å². The third-order valence-electron chi connectivity index (χ3n) is 5.16. The molecule has 0 bridgehead atoms. The predicted octanol–water partition coefficient (Wildman–Crippen LogP) is 3.81. The van der Waals surface area contributed by atoms with Gasteiger partial charge in [-0.2, -0.15) is 5.10 Å². The number of esters is 1. The Balaban J connectivity index is 1.56. The fraction of sp³-hybridized carbons (Fsp3) is 0.115. The summed E-state index contributed by atoms with van der Waals surface area (Å²) in [7, 11) is 0. The molecule has 0 radical (unpaired) electrons. The molecule has 1 unspecified atom stereocenters. The maximum absolute atomic E-state index is 12.7. The normalized spacial score (nSPS) is 11.7. The molecule has 0 amide bonds. The zero-order valence-corrected chi connectivity index (χ0v) is 18.3. The standard InChI is InChI=1S/C26H21ClN2O4/c27-21-13-11-19(12-14-21)25-20(16-29(28-25)22-9-5-2-6-10-22)15-24(30)33-17-23(26(31)32)18-7-3-1-4-8-18/h1-14,16,23H,15,17H2,(H,31,32)/p-1. The van der Waals surface area contributed by atoms with E-state index in [1.165, 1.54) is 0 Å². The molecule has 0 aliphatic rings. The average Bonchev–Trinajstić information content (AvgIpc) is 3.24. The summed E-state index contributed by atoms with van der Waals surface area (Å²) in [6.07, 6.45) is 1.70. The van der Waals surface area contributed by atoms with Crippen LogP contribution in [0.4, 0.5) is 0 Å². The highest BCUT2D eigenvalue weighted by molar-refractivity contribution is 6.30. The van der Waals surface area contributed by atoms with E-state index in [2.05, 4.69) is 5.10 Å². The van der Waals surface area contributed by atoms with Crippen molar-refractivity contribution in [1.29, 1.82) is 0 Å². The van der Waals surface area contributed by atoms with Crippen molar-refractivity contribution in [3.05, 3.63) is 107 Å². The summed E-state index contributed by atoms with van der Waals surface area (Å²) in [4.78, 5) is 24.2. The van der Waals surface area contributed by atoms with Crippen molar-refractivity contribution in [3.63, 3.8) is 0 Å². The third-order valence-corrected chi connectivity index (χ3v) is 5.41. The molecule has 33 heavy (non-hydrogen) atoms. The average molecular weight is 460 g/mol. The number of nitrogens with zero attached hydrogens (tertiary/aromatic N) is 2. The number of aliphatic carboxylic acids is 1. The van der Waals surface area contributed by atoms with Gasteiger partial charge in [0.1, 0.15) is 6.61 Å². The van der Waals surface area contributed by atoms with E-state index >= 15 is 0 Å². The number of aromatic nitrogens is 2. The maximum atomic E-state index is 12.7. The monoisotopic (exact) mass is 459 g/mol. The minimum atomic E-state index is -1.30. The SMILES string of the molecule is O=C(Cc1cn(-c2ccccc2)nc1-c1ccc(Cl)cc1)OCC(C(=O)[O-])c1ccccc1. The first-order valence-electron chi connectivity index (χ1n) is 10.3. The molecule has 4 rings (SSSR count). The van der Waals surface area contributed by atoms with E-state index in [1.807, 2.05) is 42.5 Å². The number of hydrogen-bond donors (Lipinski definition) is 0. The Hall–Kier alpha value is -3.90. The number of benzene rings is 3. The highest BCUT2D eigenvalue weighted by Crippen LogP contribution is 2.26. The second-order valence-corrected chi connectivity index (χ2v) is 7.87. The van der Waals surface area contributed by atoms with Gasteiger partial charge in [0.15, 0.2) is 0 Å². The summed E-state index contributed by atoms with van der Waals surface area (Å²) in [6, 6.07) is 25.3. The van der Waals surface area contributed by atoms with Crippen molar-refractivity contribution < 1.29 is 19.4 Å². The molecule has 166 valence electrons. The Morgan fingerprint density at radius 1 is 0.939 bits per heavy atom. The molecule has 1 heterocycles. The molecule has 0 N–H and O–H groups in total. The van der Waals surface area contributed by atoms with Gasteiger partial charge >= 0.3 is 5.97 Å². The molecular weight excluding hydrogens is 440 g/mol. The molecule has 7 heteroatoms. The largest absolute Gasteiger partial charge is 0.549 e. The number of rotatable bonds is 8. The quantitative estimate of drug-likeness (QED) is 0.374. The number of carboxylic acid groups (broad SMARTS) is 1. The third kappa shape index (κ3) is 5.48. The lowest BCUT2D eigenvalue weighted by Crippen LogP contribution is -2.33. The van der Waals surface area contributed by atoms with E-state index in [0.29, 0.717) is 21.8 Å². The van der Waals surface area contributed by atoms with Crippen molar-refractivity contribution in [2.45, 2.75) is 12.3 Å². The molecule has 0 spiro atoms. The van der Waals surface area contributed by atoms with Crippen molar-refractivity contribution in [1.82, 2.24) is 9.78 Å². The van der Waals surface area contributed by atoms with E-state index in [0.717, 1.165) is 11.3 Å². The lowest BCUT2D eigenvalue weighted by atomic mass is 10.0. The van der Waals surface area contributed by atoms with Gasteiger partial charge in [0.05, 0.1) is 29.7 Å². The fourth-order valence-corrected chi connectivity index (χ4v) is 3.60. The molecule has 0 saturated heterocycles. The smallest absolute Gasteiger partial charge is 0.310 e. The van der Waals surface area contributed by atoms with Crippen molar-refractivity contribution in [2.75, 3.05) is 6.61 Å². The predicted molar refractivity (Wildman–Crippen MR) is 123 cm³/mol. The van der Waals surface area contributed by atoms with Gasteiger partial charge in [0.25, 0.3) is 0 Å². The molecule has 1 atom stereocenters. The molecule has 0 aliphatic carbocycles. The Morgan fingerprint density at radius 2 is 1.58 bits per heavy atom. The van der Waals surface area contributed by atoms with Crippen LogP contribution in [0.5, 0.6) is 0 Å². The van der Waals surface area contributed by atoms with Gasteiger partial charge in [0.2, 0.25) is 0 Å². The Morgan fingerprint density at radius 3 is 2.21 bits per heavy atom. The second-order valence-electron chi connectivity index (χ2n) is 7.43. The molecule has 3 aromatic carbocycles. The van der Waals surface area contributed by atoms with Crippen LogP contribution >= 0.6 is 11.6 Å². The van der Waals surface area contributed by atoms with Crippen LogP contribution in [0.2, 0.25) is 5.02 Å². The number of para-hydroxylation sites is 1. The van der Waals surface area contributed by atoms with E-state index in [1.54, 1.807) is 53.3 Å². The lowest BCUT2D eigenvalue weighted by Gasteiger charge is -2.18. The first kappa shape index (κ1) is 22.3. The minimum Gasteiger partial charge on any atom is -0.549 e. The van der Waals surface area contributed by atoms with Crippen molar-refractivity contribution in [2.24, 2.45) is 0 Å². The van der Waals surface area contributed by atoms with E-state index in [4.69, 9.17) is 16.3 Å². The molecule has 0 saturated carbocycles. The highest BCUT2D eigenvalue weighted by atomic mass is 35.5. The zero-order chi connectivity index (χ0) is 23.2. The summed E-state index contributed by atoms with van der Waals surface area (Å²) in [6.45, 7) is -0.311. The molecule has 6 nitrogen and oxygen atoms in total. The molecule has 0 fully saturated rings. The first-order chi connectivity index (χ1) is 16.0. The Bertz CT molecular complexity index is 1240. The topological polar surface area (TPSA) is 84.2 Å². The number of carbonyl (C=O) groups excluding carboxylic acids is 2. The van der Waals surface area contributed by atoms with Gasteiger partial charge in [-0.25, -0.2) is 4.68 Å². The van der Waals surface area contributed by atoms with Crippen LogP contribution in [0, 0.1) is 0 Å². The summed E-state index contributed by atoms with van der Waals surface area (Å²) >= 11 is 6.02. The van der Waals surface area contributed by atoms with Crippen molar-refractivity contribution >= 4 is 23.5 Å².